The number of carbonyl (C=O) groups is 1. The van der Waals surface area contributed by atoms with Crippen molar-refractivity contribution in [3.63, 3.8) is 0 Å². The third kappa shape index (κ3) is 6.27. The van der Waals surface area contributed by atoms with Crippen LogP contribution in [-0.4, -0.2) is 54.0 Å². The van der Waals surface area contributed by atoms with Crippen molar-refractivity contribution in [2.45, 2.75) is 12.1 Å². The van der Waals surface area contributed by atoms with Crippen LogP contribution < -0.4 is 19.6 Å². The van der Waals surface area contributed by atoms with Gasteiger partial charge < -0.3 is 14.2 Å². The number of aryl methyl sites for hydroxylation is 1. The molecular weight excluding hydrogens is 526 g/mol. The molecule has 4 rings (SSSR count). The summed E-state index contributed by atoms with van der Waals surface area (Å²) in [5.74, 6) is 1.97. The Labute approximate surface area is 229 Å². The summed E-state index contributed by atoms with van der Waals surface area (Å²) < 4.78 is 18.0. The van der Waals surface area contributed by atoms with E-state index >= 15 is 0 Å². The Kier molecular flexibility index (Phi) is 8.88. The summed E-state index contributed by atoms with van der Waals surface area (Å²) in [5, 5.41) is 14.0. The summed E-state index contributed by atoms with van der Waals surface area (Å²) in [5.41, 5.74) is 5.97. The summed E-state index contributed by atoms with van der Waals surface area (Å²) in [6.45, 7) is 2.02. The highest BCUT2D eigenvalue weighted by molar-refractivity contribution is 7.99. The van der Waals surface area contributed by atoms with E-state index < -0.39 is 0 Å². The van der Waals surface area contributed by atoms with E-state index in [1.54, 1.807) is 31.4 Å². The van der Waals surface area contributed by atoms with Gasteiger partial charge in [0, 0.05) is 28.4 Å². The number of hydrogen-bond acceptors (Lipinski definition) is 8. The average molecular weight is 552 g/mol. The first-order chi connectivity index (χ1) is 18.4. The lowest BCUT2D eigenvalue weighted by atomic mass is 10.1. The molecule has 0 radical (unpaired) electrons. The number of nitrogens with zero attached hydrogens (tertiary/aromatic N) is 4. The number of hydrogen-bond donors (Lipinski definition) is 1. The minimum atomic E-state index is -0.319. The Morgan fingerprint density at radius 1 is 1.00 bits per heavy atom. The quantitative estimate of drug-likeness (QED) is 0.165. The van der Waals surface area contributed by atoms with Gasteiger partial charge in [-0.1, -0.05) is 53.2 Å². The number of benzene rings is 3. The van der Waals surface area contributed by atoms with E-state index in [2.05, 4.69) is 20.7 Å². The van der Waals surface area contributed by atoms with Crippen molar-refractivity contribution in [1.82, 2.24) is 20.2 Å². The van der Waals surface area contributed by atoms with Gasteiger partial charge in [0.1, 0.15) is 17.2 Å². The molecule has 1 N–H and O–H groups in total. The molecule has 4 aromatic rings. The van der Waals surface area contributed by atoms with Crippen LogP contribution in [0.15, 0.2) is 70.9 Å². The lowest BCUT2D eigenvalue weighted by molar-refractivity contribution is -0.118. The van der Waals surface area contributed by atoms with Gasteiger partial charge in [-0.3, -0.25) is 9.36 Å². The Balaban J connectivity index is 1.51. The van der Waals surface area contributed by atoms with Crippen molar-refractivity contribution in [3.8, 4) is 34.3 Å². The molecule has 38 heavy (non-hydrogen) atoms. The number of hydrazone groups is 1. The number of ether oxygens (including phenoxy) is 3. The van der Waals surface area contributed by atoms with Gasteiger partial charge in [0.25, 0.3) is 5.91 Å². The molecule has 9 nitrogen and oxygen atoms in total. The van der Waals surface area contributed by atoms with Crippen molar-refractivity contribution >= 4 is 35.5 Å². The highest BCUT2D eigenvalue weighted by Crippen LogP contribution is 2.33. The van der Waals surface area contributed by atoms with Gasteiger partial charge in [0.2, 0.25) is 0 Å². The Morgan fingerprint density at radius 2 is 1.66 bits per heavy atom. The summed E-state index contributed by atoms with van der Waals surface area (Å²) >= 11 is 7.35. The van der Waals surface area contributed by atoms with Crippen LogP contribution in [-0.2, 0) is 4.79 Å². The molecule has 1 amide bonds. The lowest BCUT2D eigenvalue weighted by Crippen LogP contribution is -2.20. The molecule has 0 atom stereocenters. The molecule has 11 heteroatoms. The Hall–Kier alpha value is -4.02. The van der Waals surface area contributed by atoms with Gasteiger partial charge in [-0.05, 0) is 31.2 Å². The summed E-state index contributed by atoms with van der Waals surface area (Å²) in [6.07, 6.45) is 1.46. The van der Waals surface area contributed by atoms with Crippen molar-refractivity contribution in [1.29, 1.82) is 0 Å². The van der Waals surface area contributed by atoms with E-state index in [1.165, 1.54) is 32.2 Å². The second-order valence-corrected chi connectivity index (χ2v) is 9.39. The first kappa shape index (κ1) is 27.0. The third-order valence-corrected chi connectivity index (χ3v) is 6.68. The van der Waals surface area contributed by atoms with Gasteiger partial charge in [0.05, 0.1) is 38.9 Å². The zero-order valence-corrected chi connectivity index (χ0v) is 22.8. The fourth-order valence-electron chi connectivity index (χ4n) is 3.57. The van der Waals surface area contributed by atoms with E-state index in [0.29, 0.717) is 38.8 Å². The highest BCUT2D eigenvalue weighted by Gasteiger charge is 2.18. The zero-order chi connectivity index (χ0) is 27.1. The van der Waals surface area contributed by atoms with Crippen LogP contribution in [0.25, 0.3) is 17.1 Å². The van der Waals surface area contributed by atoms with Crippen molar-refractivity contribution < 1.29 is 19.0 Å². The van der Waals surface area contributed by atoms with E-state index in [0.717, 1.165) is 16.8 Å². The molecule has 0 unspecified atom stereocenters. The highest BCUT2D eigenvalue weighted by atomic mass is 35.5. The Bertz CT molecular complexity index is 1410. The third-order valence-electron chi connectivity index (χ3n) is 5.50. The van der Waals surface area contributed by atoms with Gasteiger partial charge in [-0.25, -0.2) is 5.43 Å². The summed E-state index contributed by atoms with van der Waals surface area (Å²) in [6, 6.07) is 18.8. The zero-order valence-electron chi connectivity index (χ0n) is 21.3. The SMILES string of the molecule is COc1cc(OC)c(/C=N\NC(=O)CSc2nnc(-c3ccc(C)cc3)n2-c2ccc(Cl)cc2)c(OC)c1. The number of thioether (sulfide) groups is 1. The van der Waals surface area contributed by atoms with Gasteiger partial charge in [-0.2, -0.15) is 5.10 Å². The number of amides is 1. The molecule has 0 fully saturated rings. The molecule has 0 spiro atoms. The number of methoxy groups -OCH3 is 3. The second kappa shape index (κ2) is 12.5. The molecular formula is C27H26ClN5O4S. The molecule has 1 aromatic heterocycles. The number of halogens is 1. The first-order valence-corrected chi connectivity index (χ1v) is 12.8. The monoisotopic (exact) mass is 551 g/mol. The van der Waals surface area contributed by atoms with Crippen LogP contribution in [0, 0.1) is 6.92 Å². The van der Waals surface area contributed by atoms with Gasteiger partial charge in [0.15, 0.2) is 11.0 Å². The van der Waals surface area contributed by atoms with E-state index in [9.17, 15) is 4.79 Å². The second-order valence-electron chi connectivity index (χ2n) is 8.01. The smallest absolute Gasteiger partial charge is 0.250 e. The lowest BCUT2D eigenvalue weighted by Gasteiger charge is -2.12. The van der Waals surface area contributed by atoms with E-state index in [4.69, 9.17) is 25.8 Å². The van der Waals surface area contributed by atoms with Crippen molar-refractivity contribution in [3.05, 3.63) is 76.8 Å². The summed E-state index contributed by atoms with van der Waals surface area (Å²) in [7, 11) is 4.61. The maximum Gasteiger partial charge on any atom is 0.250 e. The largest absolute Gasteiger partial charge is 0.496 e. The predicted molar refractivity (Wildman–Crippen MR) is 149 cm³/mol. The number of carbonyl (C=O) groups excluding carboxylic acids is 1. The van der Waals surface area contributed by atoms with Crippen LogP contribution in [0.2, 0.25) is 5.02 Å². The maximum atomic E-state index is 12.6. The summed E-state index contributed by atoms with van der Waals surface area (Å²) in [4.78, 5) is 12.6. The molecule has 0 saturated carbocycles. The van der Waals surface area contributed by atoms with E-state index in [1.807, 2.05) is 47.9 Å². The van der Waals surface area contributed by atoms with Crippen LogP contribution >= 0.6 is 23.4 Å². The fourth-order valence-corrected chi connectivity index (χ4v) is 4.44. The fraction of sp³-hybridized carbons (Fsp3) is 0.185. The normalized spacial score (nSPS) is 11.0. The molecule has 0 bridgehead atoms. The number of aromatic nitrogens is 3. The number of nitrogens with one attached hydrogen (secondary N) is 1. The van der Waals surface area contributed by atoms with Gasteiger partial charge in [-0.15, -0.1) is 10.2 Å². The minimum absolute atomic E-state index is 0.0633. The maximum absolute atomic E-state index is 12.6. The average Bonchev–Trinajstić information content (AvgIpc) is 3.36. The molecule has 0 saturated heterocycles. The Morgan fingerprint density at radius 3 is 2.26 bits per heavy atom. The van der Waals surface area contributed by atoms with Crippen LogP contribution in [0.3, 0.4) is 0 Å². The molecule has 0 aliphatic heterocycles. The molecule has 1 heterocycles. The van der Waals surface area contributed by atoms with Crippen LogP contribution in [0.1, 0.15) is 11.1 Å². The van der Waals surface area contributed by atoms with Crippen molar-refractivity contribution in [2.75, 3.05) is 27.1 Å². The molecule has 3 aromatic carbocycles. The predicted octanol–water partition coefficient (Wildman–Crippen LogP) is 5.16. The number of rotatable bonds is 10. The van der Waals surface area contributed by atoms with Crippen molar-refractivity contribution in [2.24, 2.45) is 5.10 Å². The minimum Gasteiger partial charge on any atom is -0.496 e. The topological polar surface area (TPSA) is 99.9 Å². The molecule has 0 aliphatic carbocycles. The van der Waals surface area contributed by atoms with Crippen LogP contribution in [0.4, 0.5) is 0 Å². The first-order valence-electron chi connectivity index (χ1n) is 11.5. The van der Waals surface area contributed by atoms with E-state index in [-0.39, 0.29) is 11.7 Å². The molecule has 196 valence electrons. The standard InChI is InChI=1S/C27H26ClN5O4S/c1-17-5-7-18(8-6-17)26-31-32-27(33(26)20-11-9-19(28)10-12-20)38-16-25(34)30-29-15-22-23(36-3)13-21(35-2)14-24(22)37-4/h5-15H,16H2,1-4H3,(H,30,34)/b29-15-. The van der Waals surface area contributed by atoms with Crippen LogP contribution in [0.5, 0.6) is 17.2 Å². The van der Waals surface area contributed by atoms with Gasteiger partial charge >= 0.3 is 0 Å². The molecule has 0 aliphatic rings.